The average Bonchev–Trinajstić information content (AvgIpc) is 3.15. The number of benzene rings is 2. The molecular formula is C19H17ClN4O3. The number of esters is 1. The number of halogens is 1. The molecule has 8 heteroatoms. The van der Waals surface area contributed by atoms with E-state index >= 15 is 0 Å². The maximum atomic E-state index is 12.1. The first-order valence-corrected chi connectivity index (χ1v) is 8.74. The fourth-order valence-corrected chi connectivity index (χ4v) is 2.47. The van der Waals surface area contributed by atoms with Crippen LogP contribution >= 0.6 is 11.6 Å². The highest BCUT2D eigenvalue weighted by atomic mass is 35.5. The van der Waals surface area contributed by atoms with Gasteiger partial charge in [0.25, 0.3) is 0 Å². The number of Topliss-reactive ketones (excluding diaryl/α,β-unsaturated/α-hetero) is 1. The van der Waals surface area contributed by atoms with E-state index in [-0.39, 0.29) is 18.9 Å². The molecule has 138 valence electrons. The Balaban J connectivity index is 1.53. The van der Waals surface area contributed by atoms with Gasteiger partial charge in [0.1, 0.15) is 0 Å². The van der Waals surface area contributed by atoms with E-state index in [1.807, 2.05) is 19.1 Å². The van der Waals surface area contributed by atoms with Gasteiger partial charge < -0.3 is 4.74 Å². The second-order valence-electron chi connectivity index (χ2n) is 5.78. The van der Waals surface area contributed by atoms with Crippen LogP contribution < -0.4 is 0 Å². The Kier molecular flexibility index (Phi) is 5.93. The van der Waals surface area contributed by atoms with Gasteiger partial charge in [0, 0.05) is 16.1 Å². The molecule has 1 aromatic heterocycles. The summed E-state index contributed by atoms with van der Waals surface area (Å²) in [5.41, 5.74) is 2.37. The number of carbonyl (C=O) groups excluding carboxylic acids is 2. The highest BCUT2D eigenvalue weighted by Crippen LogP contribution is 2.16. The van der Waals surface area contributed by atoms with Gasteiger partial charge in [-0.1, -0.05) is 42.8 Å². The molecule has 2 aromatic carbocycles. The van der Waals surface area contributed by atoms with E-state index in [1.54, 1.807) is 36.4 Å². The fourth-order valence-electron chi connectivity index (χ4n) is 2.34. The van der Waals surface area contributed by atoms with Gasteiger partial charge in [0.15, 0.2) is 18.9 Å². The normalized spacial score (nSPS) is 10.6. The summed E-state index contributed by atoms with van der Waals surface area (Å²) >= 11 is 5.84. The lowest BCUT2D eigenvalue weighted by Gasteiger charge is -2.04. The zero-order valence-electron chi connectivity index (χ0n) is 14.6. The summed E-state index contributed by atoms with van der Waals surface area (Å²) in [6.07, 6.45) is 0.895. The van der Waals surface area contributed by atoms with E-state index in [9.17, 15) is 9.59 Å². The zero-order valence-corrected chi connectivity index (χ0v) is 15.4. The van der Waals surface area contributed by atoms with Crippen molar-refractivity contribution in [3.8, 4) is 11.4 Å². The molecule has 0 fully saturated rings. The van der Waals surface area contributed by atoms with Crippen LogP contribution in [0.4, 0.5) is 0 Å². The van der Waals surface area contributed by atoms with Gasteiger partial charge in [-0.2, -0.15) is 4.80 Å². The van der Waals surface area contributed by atoms with Crippen LogP contribution in [0, 0.1) is 0 Å². The molecule has 0 aliphatic heterocycles. The van der Waals surface area contributed by atoms with Crippen molar-refractivity contribution in [2.75, 3.05) is 6.61 Å². The van der Waals surface area contributed by atoms with Crippen LogP contribution in [-0.4, -0.2) is 38.6 Å². The highest BCUT2D eigenvalue weighted by Gasteiger charge is 2.13. The zero-order chi connectivity index (χ0) is 19.2. The lowest BCUT2D eigenvalue weighted by molar-refractivity contribution is -0.143. The molecule has 0 aliphatic rings. The number of ether oxygens (including phenoxy) is 1. The molecule has 3 rings (SSSR count). The number of carbonyl (C=O) groups is 2. The van der Waals surface area contributed by atoms with Crippen molar-refractivity contribution >= 4 is 23.4 Å². The van der Waals surface area contributed by atoms with Crippen LogP contribution in [0.5, 0.6) is 0 Å². The quantitative estimate of drug-likeness (QED) is 0.459. The number of rotatable bonds is 7. The summed E-state index contributed by atoms with van der Waals surface area (Å²) in [5, 5.41) is 12.4. The Morgan fingerprint density at radius 1 is 1.07 bits per heavy atom. The van der Waals surface area contributed by atoms with Crippen LogP contribution in [-0.2, 0) is 22.5 Å². The van der Waals surface area contributed by atoms with Crippen molar-refractivity contribution in [1.29, 1.82) is 0 Å². The molecular weight excluding hydrogens is 368 g/mol. The van der Waals surface area contributed by atoms with Gasteiger partial charge in [-0.25, -0.2) is 4.79 Å². The molecule has 0 saturated heterocycles. The van der Waals surface area contributed by atoms with Crippen LogP contribution in [0.15, 0.2) is 48.5 Å². The molecule has 0 N–H and O–H groups in total. The van der Waals surface area contributed by atoms with Crippen molar-refractivity contribution in [2.45, 2.75) is 19.9 Å². The molecule has 3 aromatic rings. The minimum absolute atomic E-state index is 0.233. The van der Waals surface area contributed by atoms with Crippen LogP contribution in [0.3, 0.4) is 0 Å². The third-order valence-corrected chi connectivity index (χ3v) is 4.13. The Labute approximate surface area is 160 Å². The number of aryl methyl sites for hydroxylation is 1. The summed E-state index contributed by atoms with van der Waals surface area (Å²) in [7, 11) is 0. The smallest absolute Gasteiger partial charge is 0.330 e. The van der Waals surface area contributed by atoms with E-state index in [0.717, 1.165) is 22.3 Å². The van der Waals surface area contributed by atoms with Crippen molar-refractivity contribution in [1.82, 2.24) is 20.2 Å². The monoisotopic (exact) mass is 384 g/mol. The molecule has 0 aliphatic carbocycles. The highest BCUT2D eigenvalue weighted by molar-refractivity contribution is 6.30. The van der Waals surface area contributed by atoms with E-state index in [2.05, 4.69) is 15.4 Å². The minimum Gasteiger partial charge on any atom is -0.456 e. The van der Waals surface area contributed by atoms with Crippen molar-refractivity contribution < 1.29 is 14.3 Å². The number of hydrogen-bond acceptors (Lipinski definition) is 6. The van der Waals surface area contributed by atoms with Gasteiger partial charge in [0.2, 0.25) is 5.82 Å². The average molecular weight is 385 g/mol. The predicted octanol–water partition coefficient (Wildman–Crippen LogP) is 2.98. The molecule has 0 unspecified atom stereocenters. The largest absolute Gasteiger partial charge is 0.456 e. The van der Waals surface area contributed by atoms with Crippen LogP contribution in [0.1, 0.15) is 22.8 Å². The van der Waals surface area contributed by atoms with Crippen molar-refractivity contribution in [2.24, 2.45) is 0 Å². The first-order chi connectivity index (χ1) is 13.0. The second kappa shape index (κ2) is 8.55. The van der Waals surface area contributed by atoms with E-state index in [4.69, 9.17) is 16.3 Å². The summed E-state index contributed by atoms with van der Waals surface area (Å²) in [5.74, 6) is -0.514. The lowest BCUT2D eigenvalue weighted by atomic mass is 10.1. The Bertz CT molecular complexity index is 936. The molecule has 0 atom stereocenters. The maximum absolute atomic E-state index is 12.1. The van der Waals surface area contributed by atoms with Gasteiger partial charge in [0.05, 0.1) is 0 Å². The second-order valence-corrected chi connectivity index (χ2v) is 6.22. The first kappa shape index (κ1) is 18.7. The first-order valence-electron chi connectivity index (χ1n) is 8.36. The summed E-state index contributed by atoms with van der Waals surface area (Å²) in [6, 6.07) is 14.2. The number of hydrogen-bond donors (Lipinski definition) is 0. The standard InChI is InChI=1S/C19H17ClN4O3/c1-2-13-3-5-14(6-4-13)17(25)12-27-18(26)11-24-22-19(21-23-24)15-7-9-16(20)10-8-15/h3-10H,2,11-12H2,1H3. The molecule has 0 radical (unpaired) electrons. The van der Waals surface area contributed by atoms with E-state index < -0.39 is 5.97 Å². The maximum Gasteiger partial charge on any atom is 0.330 e. The number of aromatic nitrogens is 4. The predicted molar refractivity (Wildman–Crippen MR) is 99.4 cm³/mol. The molecule has 7 nitrogen and oxygen atoms in total. The summed E-state index contributed by atoms with van der Waals surface area (Å²) in [4.78, 5) is 25.1. The van der Waals surface area contributed by atoms with Crippen LogP contribution in [0.25, 0.3) is 11.4 Å². The molecule has 27 heavy (non-hydrogen) atoms. The summed E-state index contributed by atoms with van der Waals surface area (Å²) in [6.45, 7) is 1.47. The third-order valence-electron chi connectivity index (χ3n) is 3.87. The lowest BCUT2D eigenvalue weighted by Crippen LogP contribution is -2.19. The molecule has 0 bridgehead atoms. The van der Waals surface area contributed by atoms with E-state index in [1.165, 1.54) is 0 Å². The van der Waals surface area contributed by atoms with E-state index in [0.29, 0.717) is 16.4 Å². The van der Waals surface area contributed by atoms with Gasteiger partial charge in [-0.05, 0) is 41.5 Å². The molecule has 0 amide bonds. The van der Waals surface area contributed by atoms with Crippen molar-refractivity contribution in [3.05, 3.63) is 64.7 Å². The van der Waals surface area contributed by atoms with Gasteiger partial charge in [-0.15, -0.1) is 10.2 Å². The van der Waals surface area contributed by atoms with Gasteiger partial charge >= 0.3 is 5.97 Å². The number of tetrazole rings is 1. The van der Waals surface area contributed by atoms with Gasteiger partial charge in [-0.3, -0.25) is 4.79 Å². The SMILES string of the molecule is CCc1ccc(C(=O)COC(=O)Cn2nnc(-c3ccc(Cl)cc3)n2)cc1. The fraction of sp³-hybridized carbons (Fsp3) is 0.211. The molecule has 1 heterocycles. The summed E-state index contributed by atoms with van der Waals surface area (Å²) < 4.78 is 5.01. The number of nitrogens with zero attached hydrogens (tertiary/aromatic N) is 4. The number of ketones is 1. The Morgan fingerprint density at radius 3 is 2.44 bits per heavy atom. The third kappa shape index (κ3) is 4.98. The molecule has 0 saturated carbocycles. The van der Waals surface area contributed by atoms with Crippen molar-refractivity contribution in [3.63, 3.8) is 0 Å². The molecule has 0 spiro atoms. The van der Waals surface area contributed by atoms with Crippen LogP contribution in [0.2, 0.25) is 5.02 Å². The minimum atomic E-state index is -0.617. The Hall–Kier alpha value is -3.06. The Morgan fingerprint density at radius 2 is 1.78 bits per heavy atom. The topological polar surface area (TPSA) is 87.0 Å².